The average molecular weight is 573 g/mol. The number of carbonyl (C=O) groups excluding carboxylic acids is 2. The number of aromatic nitrogens is 2. The fourth-order valence-corrected chi connectivity index (χ4v) is 4.47. The third-order valence-corrected chi connectivity index (χ3v) is 6.62. The zero-order chi connectivity index (χ0) is 30.1. The maximum Gasteiger partial charge on any atom is 0.268 e. The molecule has 0 atom stereocenters. The Morgan fingerprint density at radius 2 is 1.57 bits per heavy atom. The van der Waals surface area contributed by atoms with Crippen molar-refractivity contribution in [3.63, 3.8) is 0 Å². The zero-order valence-electron chi connectivity index (χ0n) is 22.6. The van der Waals surface area contributed by atoms with Gasteiger partial charge in [0, 0.05) is 47.7 Å². The van der Waals surface area contributed by atoms with Crippen LogP contribution in [0, 0.1) is 31.3 Å². The molecule has 2 amide bonds. The van der Waals surface area contributed by atoms with Gasteiger partial charge in [-0.2, -0.15) is 0 Å². The standard InChI is InChI=1S/C31H23F3N4O4/c1-16-12-22-25(13-21(16)29(39)35-3)36-11-10-27(22)42-28-15-23(33)26(14-24(28)34)37-30(40)20-9-4-17(2)38(31(20)41)19-7-5-18(32)6-8-19/h4-15H,1-3H3,(H,35,39)(H,37,40). The van der Waals surface area contributed by atoms with Crippen molar-refractivity contribution in [3.8, 4) is 17.2 Å². The predicted octanol–water partition coefficient (Wildman–Crippen LogP) is 5.82. The smallest absolute Gasteiger partial charge is 0.268 e. The summed E-state index contributed by atoms with van der Waals surface area (Å²) in [7, 11) is 1.51. The van der Waals surface area contributed by atoms with Crippen LogP contribution in [0.2, 0.25) is 0 Å². The maximum atomic E-state index is 15.1. The summed E-state index contributed by atoms with van der Waals surface area (Å²) in [6.45, 7) is 3.36. The van der Waals surface area contributed by atoms with E-state index in [0.29, 0.717) is 33.4 Å². The Morgan fingerprint density at radius 3 is 2.29 bits per heavy atom. The van der Waals surface area contributed by atoms with Gasteiger partial charge in [0.05, 0.1) is 11.2 Å². The second kappa shape index (κ2) is 11.2. The topological polar surface area (TPSA) is 102 Å². The van der Waals surface area contributed by atoms with Crippen LogP contribution in [0.4, 0.5) is 18.9 Å². The first-order valence-electron chi connectivity index (χ1n) is 12.7. The minimum absolute atomic E-state index is 0.169. The van der Waals surface area contributed by atoms with Crippen molar-refractivity contribution in [1.29, 1.82) is 0 Å². The highest BCUT2D eigenvalue weighted by Gasteiger charge is 2.20. The zero-order valence-corrected chi connectivity index (χ0v) is 22.6. The molecule has 42 heavy (non-hydrogen) atoms. The monoisotopic (exact) mass is 572 g/mol. The first-order valence-corrected chi connectivity index (χ1v) is 12.7. The summed E-state index contributed by atoms with van der Waals surface area (Å²) in [5.41, 5.74) is 0.680. The van der Waals surface area contributed by atoms with Crippen LogP contribution in [0.15, 0.2) is 77.7 Å². The van der Waals surface area contributed by atoms with E-state index >= 15 is 8.78 Å². The lowest BCUT2D eigenvalue weighted by atomic mass is 10.0. The second-order valence-electron chi connectivity index (χ2n) is 9.40. The normalized spacial score (nSPS) is 10.9. The molecule has 2 N–H and O–H groups in total. The van der Waals surface area contributed by atoms with Crippen LogP contribution in [-0.4, -0.2) is 28.4 Å². The van der Waals surface area contributed by atoms with Gasteiger partial charge in [0.25, 0.3) is 17.4 Å². The van der Waals surface area contributed by atoms with Crippen molar-refractivity contribution in [1.82, 2.24) is 14.9 Å². The minimum atomic E-state index is -1.01. The SMILES string of the molecule is CNC(=O)c1cc2nccc(Oc3cc(F)c(NC(=O)c4ccc(C)n(-c5ccc(F)cc5)c4=O)cc3F)c2cc1C. The molecule has 2 heterocycles. The number of rotatable bonds is 6. The molecule has 0 aliphatic heterocycles. The molecular weight excluding hydrogens is 549 g/mol. The molecule has 0 radical (unpaired) electrons. The van der Waals surface area contributed by atoms with Gasteiger partial charge in [-0.05, 0) is 74.0 Å². The maximum absolute atomic E-state index is 15.1. The van der Waals surface area contributed by atoms with Gasteiger partial charge in [-0.1, -0.05) is 0 Å². The number of nitrogens with zero attached hydrogens (tertiary/aromatic N) is 2. The molecule has 5 aromatic rings. The first kappa shape index (κ1) is 28.1. The van der Waals surface area contributed by atoms with Gasteiger partial charge in [-0.15, -0.1) is 0 Å². The van der Waals surface area contributed by atoms with Gasteiger partial charge in [0.15, 0.2) is 17.4 Å². The molecule has 0 saturated heterocycles. The van der Waals surface area contributed by atoms with Gasteiger partial charge in [0.1, 0.15) is 17.1 Å². The Balaban J connectivity index is 1.43. The summed E-state index contributed by atoms with van der Waals surface area (Å²) in [6.07, 6.45) is 1.41. The number of fused-ring (bicyclic) bond motifs is 1. The number of hydrogen-bond acceptors (Lipinski definition) is 5. The van der Waals surface area contributed by atoms with Gasteiger partial charge in [0.2, 0.25) is 0 Å². The third-order valence-electron chi connectivity index (χ3n) is 6.62. The number of amides is 2. The molecular formula is C31H23F3N4O4. The molecule has 11 heteroatoms. The van der Waals surface area contributed by atoms with Crippen LogP contribution in [0.1, 0.15) is 32.0 Å². The molecule has 0 aliphatic rings. The van der Waals surface area contributed by atoms with E-state index in [-0.39, 0.29) is 17.2 Å². The van der Waals surface area contributed by atoms with E-state index < -0.39 is 40.4 Å². The summed E-state index contributed by atoms with van der Waals surface area (Å²) < 4.78 is 50.4. The summed E-state index contributed by atoms with van der Waals surface area (Å²) in [5, 5.41) is 5.26. The number of hydrogen-bond donors (Lipinski definition) is 2. The fraction of sp³-hybridized carbons (Fsp3) is 0.0968. The lowest BCUT2D eigenvalue weighted by Gasteiger charge is -2.14. The van der Waals surface area contributed by atoms with Crippen LogP contribution >= 0.6 is 0 Å². The van der Waals surface area contributed by atoms with Crippen molar-refractivity contribution in [2.24, 2.45) is 0 Å². The summed E-state index contributed by atoms with van der Waals surface area (Å²) >= 11 is 0. The van der Waals surface area contributed by atoms with E-state index in [1.807, 2.05) is 0 Å². The Kier molecular flexibility index (Phi) is 7.49. The number of benzene rings is 3. The summed E-state index contributed by atoms with van der Waals surface area (Å²) in [4.78, 5) is 42.5. The van der Waals surface area contributed by atoms with Crippen molar-refractivity contribution >= 4 is 28.4 Å². The highest BCUT2D eigenvalue weighted by atomic mass is 19.1. The van der Waals surface area contributed by atoms with E-state index in [2.05, 4.69) is 15.6 Å². The van der Waals surface area contributed by atoms with Gasteiger partial charge in [-0.25, -0.2) is 13.2 Å². The lowest BCUT2D eigenvalue weighted by molar-refractivity contribution is 0.0961. The molecule has 0 spiro atoms. The lowest BCUT2D eigenvalue weighted by Crippen LogP contribution is -2.29. The summed E-state index contributed by atoms with van der Waals surface area (Å²) in [5.74, 6) is -4.04. The third kappa shape index (κ3) is 5.31. The number of anilines is 1. The molecule has 0 unspecified atom stereocenters. The number of halogens is 3. The van der Waals surface area contributed by atoms with E-state index in [4.69, 9.17) is 4.74 Å². The molecule has 0 aliphatic carbocycles. The van der Waals surface area contributed by atoms with Crippen LogP contribution in [0.3, 0.4) is 0 Å². The number of nitrogens with one attached hydrogen (secondary N) is 2. The minimum Gasteiger partial charge on any atom is -0.453 e. The molecule has 0 saturated carbocycles. The largest absolute Gasteiger partial charge is 0.453 e. The highest BCUT2D eigenvalue weighted by Crippen LogP contribution is 2.34. The highest BCUT2D eigenvalue weighted by molar-refractivity contribution is 6.04. The Morgan fingerprint density at radius 1 is 0.833 bits per heavy atom. The molecule has 5 rings (SSSR count). The Hall–Kier alpha value is -5.45. The van der Waals surface area contributed by atoms with Gasteiger partial charge < -0.3 is 15.4 Å². The van der Waals surface area contributed by atoms with Gasteiger partial charge >= 0.3 is 0 Å². The number of carbonyl (C=O) groups is 2. The summed E-state index contributed by atoms with van der Waals surface area (Å²) in [6, 6.07) is 14.1. The van der Waals surface area contributed by atoms with Crippen molar-refractivity contribution < 1.29 is 27.5 Å². The van der Waals surface area contributed by atoms with E-state index in [1.54, 1.807) is 26.0 Å². The molecule has 0 fully saturated rings. The van der Waals surface area contributed by atoms with Crippen LogP contribution < -0.4 is 20.9 Å². The predicted molar refractivity (Wildman–Crippen MR) is 151 cm³/mol. The van der Waals surface area contributed by atoms with E-state index in [9.17, 15) is 18.8 Å². The molecule has 0 bridgehead atoms. The van der Waals surface area contributed by atoms with Crippen LogP contribution in [-0.2, 0) is 0 Å². The Bertz CT molecular complexity index is 1940. The van der Waals surface area contributed by atoms with Crippen molar-refractivity contribution in [2.45, 2.75) is 13.8 Å². The van der Waals surface area contributed by atoms with Crippen LogP contribution in [0.25, 0.3) is 16.6 Å². The molecule has 212 valence electrons. The number of pyridine rings is 2. The van der Waals surface area contributed by atoms with Crippen molar-refractivity contribution in [3.05, 3.63) is 123 Å². The number of aryl methyl sites for hydroxylation is 2. The van der Waals surface area contributed by atoms with Gasteiger partial charge in [-0.3, -0.25) is 23.9 Å². The first-order chi connectivity index (χ1) is 20.1. The fourth-order valence-electron chi connectivity index (χ4n) is 4.47. The van der Waals surface area contributed by atoms with E-state index in [1.165, 1.54) is 60.3 Å². The van der Waals surface area contributed by atoms with E-state index in [0.717, 1.165) is 12.1 Å². The molecule has 3 aromatic carbocycles. The molecule has 2 aromatic heterocycles. The van der Waals surface area contributed by atoms with Crippen LogP contribution in [0.5, 0.6) is 11.5 Å². The van der Waals surface area contributed by atoms with Crippen molar-refractivity contribution in [2.75, 3.05) is 12.4 Å². The quantitative estimate of drug-likeness (QED) is 0.267. The average Bonchev–Trinajstić information content (AvgIpc) is 2.96. The Labute approximate surface area is 237 Å². The second-order valence-corrected chi connectivity index (χ2v) is 9.40. The molecule has 8 nitrogen and oxygen atoms in total. The number of ether oxygens (including phenoxy) is 1.